The van der Waals surface area contributed by atoms with Gasteiger partial charge in [0.1, 0.15) is 12.1 Å². The summed E-state index contributed by atoms with van der Waals surface area (Å²) in [4.78, 5) is 20.8. The zero-order valence-electron chi connectivity index (χ0n) is 12.5. The van der Waals surface area contributed by atoms with Crippen molar-refractivity contribution in [3.63, 3.8) is 0 Å². The molecule has 0 bridgehead atoms. The first-order chi connectivity index (χ1) is 10.9. The molecule has 0 saturated heterocycles. The van der Waals surface area contributed by atoms with Gasteiger partial charge in [0, 0.05) is 0 Å². The van der Waals surface area contributed by atoms with Gasteiger partial charge in [0.05, 0.1) is 0 Å². The van der Waals surface area contributed by atoms with Crippen molar-refractivity contribution < 1.29 is 19.8 Å². The Morgan fingerprint density at radius 1 is 0.826 bits per heavy atom. The maximum absolute atomic E-state index is 10.4. The van der Waals surface area contributed by atoms with E-state index in [-0.39, 0.29) is 0 Å². The van der Waals surface area contributed by atoms with E-state index in [4.69, 9.17) is 21.7 Å². The Bertz CT molecular complexity index is 617. The van der Waals surface area contributed by atoms with Crippen LogP contribution in [0.25, 0.3) is 0 Å². The maximum Gasteiger partial charge on any atom is 0.325 e. The minimum atomic E-state index is -1.00. The van der Waals surface area contributed by atoms with Gasteiger partial charge in [-0.25, -0.2) is 0 Å². The van der Waals surface area contributed by atoms with Crippen molar-refractivity contribution in [3.05, 3.63) is 71.8 Å². The van der Waals surface area contributed by atoms with Crippen LogP contribution in [0.1, 0.15) is 17.2 Å². The second-order valence-corrected chi connectivity index (χ2v) is 4.86. The van der Waals surface area contributed by atoms with E-state index in [9.17, 15) is 9.59 Å². The predicted molar refractivity (Wildman–Crippen MR) is 86.8 cm³/mol. The van der Waals surface area contributed by atoms with Gasteiger partial charge >= 0.3 is 11.9 Å². The normalized spacial score (nSPS) is 12.4. The first kappa shape index (κ1) is 18.3. The molecule has 0 unspecified atom stereocenters. The van der Waals surface area contributed by atoms with Gasteiger partial charge in [-0.2, -0.15) is 0 Å². The Hall–Kier alpha value is -2.70. The number of benzene rings is 2. The summed E-state index contributed by atoms with van der Waals surface area (Å²) in [5, 5.41) is 17.0. The largest absolute Gasteiger partial charge is 0.480 e. The summed E-state index contributed by atoms with van der Waals surface area (Å²) in [6.07, 6.45) is 0.385. The highest BCUT2D eigenvalue weighted by Gasteiger charge is 2.12. The van der Waals surface area contributed by atoms with Crippen LogP contribution in [-0.2, 0) is 16.0 Å². The van der Waals surface area contributed by atoms with Crippen molar-refractivity contribution in [1.29, 1.82) is 0 Å². The third-order valence-electron chi connectivity index (χ3n) is 3.04. The molecular formula is C17H20N2O4. The van der Waals surface area contributed by atoms with Gasteiger partial charge in [-0.05, 0) is 17.5 Å². The summed E-state index contributed by atoms with van der Waals surface area (Å²) in [6.45, 7) is 0. The third-order valence-corrected chi connectivity index (χ3v) is 3.04. The Labute approximate surface area is 134 Å². The molecule has 0 spiro atoms. The molecule has 0 aromatic heterocycles. The summed E-state index contributed by atoms with van der Waals surface area (Å²) < 4.78 is 0. The quantitative estimate of drug-likeness (QED) is 0.660. The van der Waals surface area contributed by atoms with Gasteiger partial charge < -0.3 is 21.7 Å². The Morgan fingerprint density at radius 3 is 1.74 bits per heavy atom. The lowest BCUT2D eigenvalue weighted by molar-refractivity contribution is -0.139. The highest BCUT2D eigenvalue weighted by atomic mass is 16.4. The molecule has 2 aromatic rings. The minimum Gasteiger partial charge on any atom is -0.480 e. The summed E-state index contributed by atoms with van der Waals surface area (Å²) in [5.41, 5.74) is 12.3. The zero-order chi connectivity index (χ0) is 17.2. The predicted octanol–water partition coefficient (Wildman–Crippen LogP) is 1.41. The number of hydrogen-bond acceptors (Lipinski definition) is 4. The van der Waals surface area contributed by atoms with E-state index in [0.29, 0.717) is 12.0 Å². The van der Waals surface area contributed by atoms with Crippen LogP contribution in [0, 0.1) is 0 Å². The second-order valence-electron chi connectivity index (χ2n) is 4.86. The number of rotatable bonds is 5. The molecule has 2 atom stereocenters. The van der Waals surface area contributed by atoms with E-state index in [1.807, 2.05) is 36.4 Å². The standard InChI is InChI=1S/C9H11NO2.C8H9NO2/c10-8(9(11)12)6-7-4-2-1-3-5-7;9-7(8(10)11)6-4-2-1-3-5-6/h1-5,8H,6,10H2,(H,11,12);1-5,7H,9H2,(H,10,11)/t8-;7-/m00/s1. The number of carboxylic acid groups (broad SMARTS) is 2. The zero-order valence-corrected chi connectivity index (χ0v) is 12.5. The fourth-order valence-electron chi connectivity index (χ4n) is 1.76. The van der Waals surface area contributed by atoms with Crippen molar-refractivity contribution in [2.45, 2.75) is 18.5 Å². The Kier molecular flexibility index (Phi) is 7.45. The molecule has 2 rings (SSSR count). The van der Waals surface area contributed by atoms with Crippen molar-refractivity contribution in [1.82, 2.24) is 0 Å². The fraction of sp³-hybridized carbons (Fsp3) is 0.176. The summed E-state index contributed by atoms with van der Waals surface area (Å²) in [5.74, 6) is -1.96. The molecule has 0 saturated carbocycles. The molecule has 0 aliphatic carbocycles. The first-order valence-electron chi connectivity index (χ1n) is 6.97. The molecule has 2 aromatic carbocycles. The monoisotopic (exact) mass is 316 g/mol. The van der Waals surface area contributed by atoms with Crippen molar-refractivity contribution in [2.24, 2.45) is 11.5 Å². The van der Waals surface area contributed by atoms with Crippen LogP contribution in [0.5, 0.6) is 0 Å². The molecule has 6 N–H and O–H groups in total. The van der Waals surface area contributed by atoms with Crippen LogP contribution in [0.3, 0.4) is 0 Å². The van der Waals surface area contributed by atoms with Crippen molar-refractivity contribution in [3.8, 4) is 0 Å². The molecule has 122 valence electrons. The Morgan fingerprint density at radius 2 is 1.30 bits per heavy atom. The van der Waals surface area contributed by atoms with E-state index in [1.165, 1.54) is 0 Å². The van der Waals surface area contributed by atoms with Crippen LogP contribution in [-0.4, -0.2) is 28.2 Å². The molecule has 0 radical (unpaired) electrons. The maximum atomic E-state index is 10.4. The van der Waals surface area contributed by atoms with Crippen molar-refractivity contribution in [2.75, 3.05) is 0 Å². The lowest BCUT2D eigenvalue weighted by atomic mass is 10.1. The second kappa shape index (κ2) is 9.34. The number of hydrogen-bond donors (Lipinski definition) is 4. The van der Waals surface area contributed by atoms with Gasteiger partial charge in [0.15, 0.2) is 0 Å². The lowest BCUT2D eigenvalue weighted by Gasteiger charge is -2.04. The molecular weight excluding hydrogens is 296 g/mol. The first-order valence-corrected chi connectivity index (χ1v) is 6.97. The molecule has 0 amide bonds. The number of aliphatic carboxylic acids is 2. The average Bonchev–Trinajstić information content (AvgIpc) is 2.56. The van der Waals surface area contributed by atoms with Gasteiger partial charge in [-0.15, -0.1) is 0 Å². The molecule has 0 aliphatic heterocycles. The SMILES string of the molecule is N[C@@H](Cc1ccccc1)C(=O)O.N[C@H](C(=O)O)c1ccccc1. The van der Waals surface area contributed by atoms with E-state index >= 15 is 0 Å². The number of nitrogens with two attached hydrogens (primary N) is 2. The molecule has 6 heteroatoms. The molecule has 0 aliphatic rings. The molecule has 6 nitrogen and oxygen atoms in total. The smallest absolute Gasteiger partial charge is 0.325 e. The van der Waals surface area contributed by atoms with E-state index in [0.717, 1.165) is 5.56 Å². The van der Waals surface area contributed by atoms with Gasteiger partial charge in [-0.3, -0.25) is 9.59 Å². The number of carbonyl (C=O) groups is 2. The number of carboxylic acids is 2. The summed E-state index contributed by atoms with van der Waals surface area (Å²) in [7, 11) is 0. The topological polar surface area (TPSA) is 127 Å². The van der Waals surface area contributed by atoms with Crippen LogP contribution in [0.15, 0.2) is 60.7 Å². The van der Waals surface area contributed by atoms with E-state index in [2.05, 4.69) is 0 Å². The van der Waals surface area contributed by atoms with Gasteiger partial charge in [0.25, 0.3) is 0 Å². The van der Waals surface area contributed by atoms with Crippen LogP contribution in [0.2, 0.25) is 0 Å². The van der Waals surface area contributed by atoms with Crippen molar-refractivity contribution >= 4 is 11.9 Å². The lowest BCUT2D eigenvalue weighted by Crippen LogP contribution is -2.32. The van der Waals surface area contributed by atoms with Crippen LogP contribution in [0.4, 0.5) is 0 Å². The third kappa shape index (κ3) is 6.73. The van der Waals surface area contributed by atoms with Crippen LogP contribution >= 0.6 is 0 Å². The molecule has 0 fully saturated rings. The van der Waals surface area contributed by atoms with E-state index < -0.39 is 24.0 Å². The van der Waals surface area contributed by atoms with E-state index in [1.54, 1.807) is 24.3 Å². The summed E-state index contributed by atoms with van der Waals surface area (Å²) in [6, 6.07) is 16.4. The average molecular weight is 316 g/mol. The highest BCUT2D eigenvalue weighted by Crippen LogP contribution is 2.08. The van der Waals surface area contributed by atoms with Gasteiger partial charge in [-0.1, -0.05) is 60.7 Å². The molecule has 0 heterocycles. The van der Waals surface area contributed by atoms with Gasteiger partial charge in [0.2, 0.25) is 0 Å². The minimum absolute atomic E-state index is 0.385. The Balaban J connectivity index is 0.000000231. The van der Waals surface area contributed by atoms with Crippen LogP contribution < -0.4 is 11.5 Å². The fourth-order valence-corrected chi connectivity index (χ4v) is 1.76. The molecule has 23 heavy (non-hydrogen) atoms. The summed E-state index contributed by atoms with van der Waals surface area (Å²) >= 11 is 0. The highest BCUT2D eigenvalue weighted by molar-refractivity contribution is 5.75.